The standard InChI is InChI=1S/C27H26FN3O3S2/c1-19-7-5-6-16-31(19)36(33,34)23-13-10-21(11-14-23)26(32)30(18-20-8-3-2-4-9-20)27-29-24-15-12-22(28)17-25(24)35-27/h2-4,8-15,17,19H,5-7,16,18H2,1H3. The molecule has 1 aromatic heterocycles. The third-order valence-electron chi connectivity index (χ3n) is 6.45. The fourth-order valence-electron chi connectivity index (χ4n) is 4.48. The van der Waals surface area contributed by atoms with Crippen molar-refractivity contribution in [2.24, 2.45) is 0 Å². The van der Waals surface area contributed by atoms with Gasteiger partial charge in [-0.3, -0.25) is 9.69 Å². The van der Waals surface area contributed by atoms with Crippen LogP contribution in [-0.2, 0) is 16.6 Å². The smallest absolute Gasteiger partial charge is 0.260 e. The van der Waals surface area contributed by atoms with Gasteiger partial charge in [-0.05, 0) is 67.8 Å². The van der Waals surface area contributed by atoms with Crippen molar-refractivity contribution in [1.29, 1.82) is 0 Å². The van der Waals surface area contributed by atoms with Gasteiger partial charge in [0.15, 0.2) is 5.13 Å². The van der Waals surface area contributed by atoms with E-state index in [0.717, 1.165) is 24.8 Å². The maximum atomic E-state index is 13.8. The average molecular weight is 524 g/mol. The lowest BCUT2D eigenvalue weighted by Crippen LogP contribution is -2.41. The van der Waals surface area contributed by atoms with Gasteiger partial charge in [0, 0.05) is 18.2 Å². The topological polar surface area (TPSA) is 70.6 Å². The van der Waals surface area contributed by atoms with E-state index in [1.807, 2.05) is 37.3 Å². The number of halogens is 1. The molecule has 1 aliphatic rings. The molecule has 1 atom stereocenters. The Morgan fingerprint density at radius 2 is 1.83 bits per heavy atom. The van der Waals surface area contributed by atoms with Gasteiger partial charge >= 0.3 is 0 Å². The molecule has 0 radical (unpaired) electrons. The van der Waals surface area contributed by atoms with Crippen LogP contribution < -0.4 is 4.90 Å². The molecule has 0 N–H and O–H groups in total. The predicted octanol–water partition coefficient (Wildman–Crippen LogP) is 5.85. The summed E-state index contributed by atoms with van der Waals surface area (Å²) in [5, 5.41) is 0.447. The highest BCUT2D eigenvalue weighted by atomic mass is 32.2. The number of carbonyl (C=O) groups is 1. The molecule has 36 heavy (non-hydrogen) atoms. The molecule has 0 aliphatic carbocycles. The first-order valence-electron chi connectivity index (χ1n) is 11.9. The van der Waals surface area contributed by atoms with Crippen LogP contribution in [0.1, 0.15) is 42.1 Å². The van der Waals surface area contributed by atoms with Crippen LogP contribution in [0.25, 0.3) is 10.2 Å². The SMILES string of the molecule is CC1CCCCN1S(=O)(=O)c1ccc(C(=O)N(Cc2ccccc2)c2nc3ccc(F)cc3s2)cc1. The Bertz CT molecular complexity index is 1490. The number of hydrogen-bond donors (Lipinski definition) is 0. The molecule has 2 heterocycles. The fourth-order valence-corrected chi connectivity index (χ4v) is 7.17. The van der Waals surface area contributed by atoms with Gasteiger partial charge < -0.3 is 0 Å². The summed E-state index contributed by atoms with van der Waals surface area (Å²) < 4.78 is 42.3. The van der Waals surface area contributed by atoms with Crippen LogP contribution in [0.3, 0.4) is 0 Å². The van der Waals surface area contributed by atoms with Crippen molar-refractivity contribution < 1.29 is 17.6 Å². The summed E-state index contributed by atoms with van der Waals surface area (Å²) in [5.74, 6) is -0.674. The van der Waals surface area contributed by atoms with E-state index in [-0.39, 0.29) is 29.2 Å². The van der Waals surface area contributed by atoms with Crippen LogP contribution in [0.5, 0.6) is 0 Å². The van der Waals surface area contributed by atoms with Gasteiger partial charge in [0.2, 0.25) is 10.0 Å². The summed E-state index contributed by atoms with van der Waals surface area (Å²) in [4.78, 5) is 20.0. The largest absolute Gasteiger partial charge is 0.279 e. The predicted molar refractivity (Wildman–Crippen MR) is 140 cm³/mol. The van der Waals surface area contributed by atoms with Crippen molar-refractivity contribution in [1.82, 2.24) is 9.29 Å². The molecule has 1 aliphatic heterocycles. The number of hydrogen-bond acceptors (Lipinski definition) is 5. The number of thiazole rings is 1. The lowest BCUT2D eigenvalue weighted by Gasteiger charge is -2.32. The van der Waals surface area contributed by atoms with E-state index < -0.39 is 10.0 Å². The van der Waals surface area contributed by atoms with Gasteiger partial charge in [-0.25, -0.2) is 17.8 Å². The van der Waals surface area contributed by atoms with Crippen molar-refractivity contribution in [3.8, 4) is 0 Å². The Kier molecular flexibility index (Phi) is 6.87. The fraction of sp³-hybridized carbons (Fsp3) is 0.259. The molecule has 1 amide bonds. The Morgan fingerprint density at radius 1 is 1.08 bits per heavy atom. The first-order valence-corrected chi connectivity index (χ1v) is 14.1. The number of rotatable bonds is 6. The van der Waals surface area contributed by atoms with E-state index in [9.17, 15) is 17.6 Å². The van der Waals surface area contributed by atoms with Crippen molar-refractivity contribution >= 4 is 42.6 Å². The highest BCUT2D eigenvalue weighted by Crippen LogP contribution is 2.32. The van der Waals surface area contributed by atoms with Crippen molar-refractivity contribution in [2.45, 2.75) is 43.7 Å². The number of carbonyl (C=O) groups excluding carboxylic acids is 1. The van der Waals surface area contributed by atoms with E-state index in [0.29, 0.717) is 27.5 Å². The molecule has 186 valence electrons. The highest BCUT2D eigenvalue weighted by molar-refractivity contribution is 7.89. The lowest BCUT2D eigenvalue weighted by molar-refractivity contribution is 0.0985. The quantitative estimate of drug-likeness (QED) is 0.318. The van der Waals surface area contributed by atoms with Gasteiger partial charge in [-0.15, -0.1) is 0 Å². The highest BCUT2D eigenvalue weighted by Gasteiger charge is 2.31. The first-order chi connectivity index (χ1) is 17.3. The molecule has 1 fully saturated rings. The second-order valence-electron chi connectivity index (χ2n) is 8.97. The number of nitrogens with zero attached hydrogens (tertiary/aromatic N) is 3. The van der Waals surface area contributed by atoms with Gasteiger partial charge in [0.1, 0.15) is 5.82 Å². The van der Waals surface area contributed by atoms with Crippen molar-refractivity contribution in [3.63, 3.8) is 0 Å². The molecule has 5 rings (SSSR count). The third-order valence-corrected chi connectivity index (χ3v) is 9.52. The zero-order valence-electron chi connectivity index (χ0n) is 19.8. The molecule has 0 bridgehead atoms. The summed E-state index contributed by atoms with van der Waals surface area (Å²) in [5.41, 5.74) is 1.87. The minimum atomic E-state index is -3.63. The van der Waals surface area contributed by atoms with Gasteiger partial charge in [0.25, 0.3) is 5.91 Å². The van der Waals surface area contributed by atoms with Crippen molar-refractivity contribution in [2.75, 3.05) is 11.4 Å². The van der Waals surface area contributed by atoms with E-state index >= 15 is 0 Å². The summed E-state index contributed by atoms with van der Waals surface area (Å²) >= 11 is 1.24. The normalized spacial score (nSPS) is 16.8. The number of fused-ring (bicyclic) bond motifs is 1. The molecular formula is C27H26FN3O3S2. The summed E-state index contributed by atoms with van der Waals surface area (Å²) in [6.45, 7) is 2.71. The second kappa shape index (κ2) is 10.1. The summed E-state index contributed by atoms with van der Waals surface area (Å²) in [6, 6.07) is 19.9. The van der Waals surface area contributed by atoms with Crippen LogP contribution in [0, 0.1) is 5.82 Å². The first kappa shape index (κ1) is 24.5. The number of sulfonamides is 1. The zero-order chi connectivity index (χ0) is 25.3. The number of piperidine rings is 1. The molecule has 0 saturated carbocycles. The molecule has 9 heteroatoms. The molecular weight excluding hydrogens is 497 g/mol. The molecule has 3 aromatic carbocycles. The Balaban J connectivity index is 1.47. The maximum Gasteiger partial charge on any atom is 0.260 e. The molecule has 1 unspecified atom stereocenters. The summed E-state index contributed by atoms with van der Waals surface area (Å²) in [6.07, 6.45) is 2.72. The van der Waals surface area contributed by atoms with Crippen LogP contribution in [0.15, 0.2) is 77.7 Å². The number of benzene rings is 3. The van der Waals surface area contributed by atoms with E-state index in [1.54, 1.807) is 27.4 Å². The number of anilines is 1. The zero-order valence-corrected chi connectivity index (χ0v) is 21.4. The average Bonchev–Trinajstić information content (AvgIpc) is 3.30. The van der Waals surface area contributed by atoms with Gasteiger partial charge in [0.05, 0.1) is 21.7 Å². The van der Waals surface area contributed by atoms with E-state index in [2.05, 4.69) is 4.98 Å². The molecule has 6 nitrogen and oxygen atoms in total. The van der Waals surface area contributed by atoms with Crippen LogP contribution in [0.2, 0.25) is 0 Å². The second-order valence-corrected chi connectivity index (χ2v) is 11.9. The van der Waals surface area contributed by atoms with E-state index in [1.165, 1.54) is 35.6 Å². The van der Waals surface area contributed by atoms with E-state index in [4.69, 9.17) is 0 Å². The maximum absolute atomic E-state index is 13.8. The monoisotopic (exact) mass is 523 g/mol. The minimum Gasteiger partial charge on any atom is -0.279 e. The van der Waals surface area contributed by atoms with Gasteiger partial charge in [-0.2, -0.15) is 4.31 Å². The lowest BCUT2D eigenvalue weighted by atomic mass is 10.1. The Labute approximate surface area is 214 Å². The molecule has 0 spiro atoms. The summed E-state index contributed by atoms with van der Waals surface area (Å²) in [7, 11) is -3.63. The number of amides is 1. The van der Waals surface area contributed by atoms with Crippen LogP contribution in [0.4, 0.5) is 9.52 Å². The van der Waals surface area contributed by atoms with Crippen LogP contribution in [-0.4, -0.2) is 36.2 Å². The molecule has 4 aromatic rings. The number of aromatic nitrogens is 1. The van der Waals surface area contributed by atoms with Crippen molar-refractivity contribution in [3.05, 3.63) is 89.7 Å². The molecule has 1 saturated heterocycles. The van der Waals surface area contributed by atoms with Crippen LogP contribution >= 0.6 is 11.3 Å². The Hall–Kier alpha value is -3.14. The van der Waals surface area contributed by atoms with Gasteiger partial charge in [-0.1, -0.05) is 48.1 Å². The third kappa shape index (κ3) is 4.91. The Morgan fingerprint density at radius 3 is 2.56 bits per heavy atom. The minimum absolute atomic E-state index is 0.0460.